The molecule has 2 atom stereocenters. The van der Waals surface area contributed by atoms with Crippen molar-refractivity contribution in [3.63, 3.8) is 0 Å². The van der Waals surface area contributed by atoms with E-state index >= 15 is 0 Å². The van der Waals surface area contributed by atoms with E-state index in [-0.39, 0.29) is 6.10 Å². The van der Waals surface area contributed by atoms with Crippen molar-refractivity contribution in [1.29, 1.82) is 0 Å². The molecule has 54 valence electrons. The summed E-state index contributed by atoms with van der Waals surface area (Å²) in [7, 11) is 0. The maximum absolute atomic E-state index is 9.32. The molecule has 0 aromatic carbocycles. The van der Waals surface area contributed by atoms with Gasteiger partial charge in [-0.1, -0.05) is 6.92 Å². The van der Waals surface area contributed by atoms with Crippen LogP contribution in [0.3, 0.4) is 0 Å². The zero-order valence-corrected chi connectivity index (χ0v) is 5.93. The van der Waals surface area contributed by atoms with Gasteiger partial charge in [-0.25, -0.2) is 0 Å². The average Bonchev–Trinajstić information content (AvgIpc) is 1.99. The molecule has 0 radical (unpaired) electrons. The summed E-state index contributed by atoms with van der Waals surface area (Å²) in [6, 6.07) is 0. The molecule has 1 aliphatic rings. The Hall–Kier alpha value is -0.0800. The average molecular weight is 129 g/mol. The number of hydrogen-bond donors (Lipinski definition) is 2. The minimum absolute atomic E-state index is 0.0694. The Morgan fingerprint density at radius 3 is 3.11 bits per heavy atom. The van der Waals surface area contributed by atoms with Crippen LogP contribution in [0.4, 0.5) is 0 Å². The maximum atomic E-state index is 9.32. The first-order valence-electron chi connectivity index (χ1n) is 3.69. The van der Waals surface area contributed by atoms with Gasteiger partial charge in [0.15, 0.2) is 0 Å². The van der Waals surface area contributed by atoms with Gasteiger partial charge in [0.2, 0.25) is 0 Å². The van der Waals surface area contributed by atoms with Gasteiger partial charge in [0.1, 0.15) is 0 Å². The molecule has 1 aliphatic heterocycles. The third-order valence-electron chi connectivity index (χ3n) is 1.98. The second kappa shape index (κ2) is 3.18. The van der Waals surface area contributed by atoms with Crippen molar-refractivity contribution in [3.8, 4) is 0 Å². The minimum atomic E-state index is -0.0694. The molecule has 0 aromatic heterocycles. The van der Waals surface area contributed by atoms with Crippen LogP contribution in [0.2, 0.25) is 0 Å². The number of aliphatic hydroxyl groups excluding tert-OH is 1. The first-order valence-corrected chi connectivity index (χ1v) is 3.69. The van der Waals surface area contributed by atoms with Crippen LogP contribution in [0.1, 0.15) is 19.8 Å². The number of nitrogens with one attached hydrogen (secondary N) is 1. The molecule has 0 spiro atoms. The molecule has 2 heteroatoms. The summed E-state index contributed by atoms with van der Waals surface area (Å²) in [4.78, 5) is 0. The first kappa shape index (κ1) is 7.03. The Morgan fingerprint density at radius 2 is 2.33 bits per heavy atom. The van der Waals surface area contributed by atoms with E-state index < -0.39 is 0 Å². The van der Waals surface area contributed by atoms with Crippen LogP contribution in [0, 0.1) is 5.92 Å². The van der Waals surface area contributed by atoms with Crippen LogP contribution in [0.15, 0.2) is 0 Å². The van der Waals surface area contributed by atoms with E-state index in [1.807, 2.05) is 0 Å². The van der Waals surface area contributed by atoms with Crippen molar-refractivity contribution in [2.45, 2.75) is 25.9 Å². The van der Waals surface area contributed by atoms with E-state index in [1.54, 1.807) is 0 Å². The fourth-order valence-corrected chi connectivity index (χ4v) is 1.19. The summed E-state index contributed by atoms with van der Waals surface area (Å²) in [5.41, 5.74) is 0. The maximum Gasteiger partial charge on any atom is 0.0578 e. The monoisotopic (exact) mass is 129 g/mol. The zero-order chi connectivity index (χ0) is 6.69. The molecule has 9 heavy (non-hydrogen) atoms. The molecule has 1 fully saturated rings. The molecule has 1 rings (SSSR count). The first-order chi connectivity index (χ1) is 4.30. The van der Waals surface area contributed by atoms with Gasteiger partial charge >= 0.3 is 0 Å². The Balaban J connectivity index is 2.32. The summed E-state index contributed by atoms with van der Waals surface area (Å²) >= 11 is 0. The molecular formula is C7H15NO. The summed E-state index contributed by atoms with van der Waals surface area (Å²) in [6.07, 6.45) is 2.01. The zero-order valence-electron chi connectivity index (χ0n) is 5.93. The summed E-state index contributed by atoms with van der Waals surface area (Å²) < 4.78 is 0. The molecule has 0 bridgehead atoms. The van der Waals surface area contributed by atoms with Gasteiger partial charge in [0.05, 0.1) is 6.10 Å². The molecule has 0 saturated carbocycles. The summed E-state index contributed by atoms with van der Waals surface area (Å²) in [5, 5.41) is 12.6. The van der Waals surface area contributed by atoms with E-state index in [0.717, 1.165) is 25.9 Å². The van der Waals surface area contributed by atoms with E-state index in [4.69, 9.17) is 0 Å². The molecule has 0 aliphatic carbocycles. The molecule has 1 saturated heterocycles. The molecule has 0 amide bonds. The number of rotatable bonds is 0. The Morgan fingerprint density at radius 1 is 1.56 bits per heavy atom. The van der Waals surface area contributed by atoms with Gasteiger partial charge in [-0.15, -0.1) is 0 Å². The van der Waals surface area contributed by atoms with Gasteiger partial charge in [0.25, 0.3) is 0 Å². The van der Waals surface area contributed by atoms with E-state index in [1.165, 1.54) is 0 Å². The van der Waals surface area contributed by atoms with E-state index in [9.17, 15) is 5.11 Å². The number of aliphatic hydroxyl groups is 1. The SMILES string of the molecule is C[C@@H]1CNCCCC1O. The van der Waals surface area contributed by atoms with Crippen LogP contribution in [-0.4, -0.2) is 24.3 Å². The Kier molecular flexibility index (Phi) is 2.49. The summed E-state index contributed by atoms with van der Waals surface area (Å²) in [5.74, 6) is 0.437. The van der Waals surface area contributed by atoms with Crippen molar-refractivity contribution in [1.82, 2.24) is 5.32 Å². The second-order valence-electron chi connectivity index (χ2n) is 2.89. The van der Waals surface area contributed by atoms with Crippen LogP contribution in [0.5, 0.6) is 0 Å². The highest BCUT2D eigenvalue weighted by atomic mass is 16.3. The fourth-order valence-electron chi connectivity index (χ4n) is 1.19. The van der Waals surface area contributed by atoms with Crippen molar-refractivity contribution in [2.24, 2.45) is 5.92 Å². The fraction of sp³-hybridized carbons (Fsp3) is 1.00. The molecule has 2 N–H and O–H groups in total. The topological polar surface area (TPSA) is 32.3 Å². The van der Waals surface area contributed by atoms with Crippen molar-refractivity contribution in [2.75, 3.05) is 13.1 Å². The molecule has 1 heterocycles. The third kappa shape index (κ3) is 1.95. The highest BCUT2D eigenvalue weighted by molar-refractivity contribution is 4.70. The third-order valence-corrected chi connectivity index (χ3v) is 1.98. The lowest BCUT2D eigenvalue weighted by Gasteiger charge is -2.13. The van der Waals surface area contributed by atoms with E-state index in [2.05, 4.69) is 12.2 Å². The van der Waals surface area contributed by atoms with Gasteiger partial charge < -0.3 is 10.4 Å². The lowest BCUT2D eigenvalue weighted by molar-refractivity contribution is 0.115. The van der Waals surface area contributed by atoms with Crippen molar-refractivity contribution >= 4 is 0 Å². The van der Waals surface area contributed by atoms with Gasteiger partial charge in [0, 0.05) is 6.54 Å². The molecular weight excluding hydrogens is 114 g/mol. The lowest BCUT2D eigenvalue weighted by atomic mass is 10.0. The minimum Gasteiger partial charge on any atom is -0.393 e. The predicted octanol–water partition coefficient (Wildman–Crippen LogP) is 0.367. The highest BCUT2D eigenvalue weighted by Crippen LogP contribution is 2.10. The van der Waals surface area contributed by atoms with Crippen molar-refractivity contribution < 1.29 is 5.11 Å². The van der Waals surface area contributed by atoms with Crippen LogP contribution >= 0.6 is 0 Å². The largest absolute Gasteiger partial charge is 0.393 e. The van der Waals surface area contributed by atoms with Gasteiger partial charge in [-0.05, 0) is 25.3 Å². The highest BCUT2D eigenvalue weighted by Gasteiger charge is 2.15. The predicted molar refractivity (Wildman–Crippen MR) is 37.3 cm³/mol. The Bertz CT molecular complexity index is 75.0. The van der Waals surface area contributed by atoms with Crippen LogP contribution in [-0.2, 0) is 0 Å². The normalized spacial score (nSPS) is 38.0. The lowest BCUT2D eigenvalue weighted by Crippen LogP contribution is -2.24. The van der Waals surface area contributed by atoms with E-state index in [0.29, 0.717) is 5.92 Å². The molecule has 1 unspecified atom stereocenters. The van der Waals surface area contributed by atoms with Crippen LogP contribution in [0.25, 0.3) is 0 Å². The Labute approximate surface area is 56.3 Å². The number of hydrogen-bond acceptors (Lipinski definition) is 2. The smallest absolute Gasteiger partial charge is 0.0578 e. The van der Waals surface area contributed by atoms with Gasteiger partial charge in [-0.2, -0.15) is 0 Å². The molecule has 2 nitrogen and oxygen atoms in total. The molecule has 0 aromatic rings. The van der Waals surface area contributed by atoms with Gasteiger partial charge in [-0.3, -0.25) is 0 Å². The standard InChI is InChI=1S/C7H15NO/c1-6-5-8-4-2-3-7(6)9/h6-9H,2-5H2,1H3/t6-,7?/m1/s1. The van der Waals surface area contributed by atoms with Crippen molar-refractivity contribution in [3.05, 3.63) is 0 Å². The quantitative estimate of drug-likeness (QED) is 0.495. The summed E-state index contributed by atoms with van der Waals surface area (Å²) in [6.45, 7) is 4.13. The second-order valence-corrected chi connectivity index (χ2v) is 2.89. The van der Waals surface area contributed by atoms with Crippen LogP contribution < -0.4 is 5.32 Å².